The third-order valence-corrected chi connectivity index (χ3v) is 1.69. The monoisotopic (exact) mass is 152 g/mol. The molecule has 0 fully saturated rings. The highest BCUT2D eigenvalue weighted by Crippen LogP contribution is 2.15. The van der Waals surface area contributed by atoms with E-state index < -0.39 is 0 Å². The summed E-state index contributed by atoms with van der Waals surface area (Å²) >= 11 is 1.42. The van der Waals surface area contributed by atoms with Crippen LogP contribution in [0.15, 0.2) is 29.4 Å². The molecular weight excluding hydrogens is 144 g/mol. The molecule has 0 unspecified atom stereocenters. The fourth-order valence-corrected chi connectivity index (χ4v) is 1.20. The fourth-order valence-electron chi connectivity index (χ4n) is 0.584. The van der Waals surface area contributed by atoms with E-state index in [1.54, 1.807) is 19.3 Å². The molecule has 1 rings (SSSR count). The smallest absolute Gasteiger partial charge is 0.0658 e. The zero-order chi connectivity index (χ0) is 7.40. The van der Waals surface area contributed by atoms with Gasteiger partial charge in [0.15, 0.2) is 0 Å². The molecule has 0 aliphatic rings. The Morgan fingerprint density at radius 3 is 3.00 bits per heavy atom. The number of nitrogens with one attached hydrogen (secondary N) is 1. The molecule has 10 heavy (non-hydrogen) atoms. The lowest BCUT2D eigenvalue weighted by molar-refractivity contribution is 1.24. The second-order valence-electron chi connectivity index (χ2n) is 1.85. The van der Waals surface area contributed by atoms with Crippen molar-refractivity contribution in [2.24, 2.45) is 0 Å². The minimum absolute atomic E-state index is 0.591. The lowest BCUT2D eigenvalue weighted by atomic mass is 10.5. The maximum atomic E-state index is 7.17. The van der Waals surface area contributed by atoms with Crippen LogP contribution in [0.3, 0.4) is 0 Å². The van der Waals surface area contributed by atoms with Gasteiger partial charge in [0.2, 0.25) is 0 Å². The lowest BCUT2D eigenvalue weighted by Gasteiger charge is -1.94. The van der Waals surface area contributed by atoms with Gasteiger partial charge in [-0.2, -0.15) is 0 Å². The Morgan fingerprint density at radius 2 is 2.50 bits per heavy atom. The second kappa shape index (κ2) is 3.37. The zero-order valence-corrected chi connectivity index (χ0v) is 6.48. The molecule has 0 saturated carbocycles. The maximum Gasteiger partial charge on any atom is 0.0658 e. The van der Waals surface area contributed by atoms with Crippen LogP contribution in [0.5, 0.6) is 0 Å². The van der Waals surface area contributed by atoms with Crippen molar-refractivity contribution in [3.63, 3.8) is 0 Å². The van der Waals surface area contributed by atoms with E-state index in [4.69, 9.17) is 5.41 Å². The third-order valence-electron chi connectivity index (χ3n) is 0.905. The summed E-state index contributed by atoms with van der Waals surface area (Å²) in [5.41, 5.74) is 0. The number of thioether (sulfide) groups is 1. The van der Waals surface area contributed by atoms with Gasteiger partial charge < -0.3 is 0 Å². The SMILES string of the molecule is CC(=N)Sc1cccnc1. The molecule has 0 amide bonds. The van der Waals surface area contributed by atoms with Crippen molar-refractivity contribution < 1.29 is 0 Å². The van der Waals surface area contributed by atoms with Crippen LogP contribution in [0, 0.1) is 5.41 Å². The van der Waals surface area contributed by atoms with Gasteiger partial charge in [0.25, 0.3) is 0 Å². The van der Waals surface area contributed by atoms with Crippen molar-refractivity contribution in [1.29, 1.82) is 5.41 Å². The predicted molar refractivity (Wildman–Crippen MR) is 43.5 cm³/mol. The molecule has 0 saturated heterocycles. The van der Waals surface area contributed by atoms with Crippen LogP contribution in [0.4, 0.5) is 0 Å². The Hall–Kier alpha value is -0.830. The summed E-state index contributed by atoms with van der Waals surface area (Å²) in [7, 11) is 0. The molecule has 1 heterocycles. The number of rotatable bonds is 1. The van der Waals surface area contributed by atoms with Gasteiger partial charge in [-0.1, -0.05) is 11.8 Å². The second-order valence-corrected chi connectivity index (χ2v) is 3.13. The van der Waals surface area contributed by atoms with E-state index >= 15 is 0 Å². The van der Waals surface area contributed by atoms with Crippen molar-refractivity contribution in [3.05, 3.63) is 24.5 Å². The van der Waals surface area contributed by atoms with Gasteiger partial charge in [0.05, 0.1) is 5.04 Å². The summed E-state index contributed by atoms with van der Waals surface area (Å²) in [6, 6.07) is 3.81. The van der Waals surface area contributed by atoms with Crippen LogP contribution >= 0.6 is 11.8 Å². The van der Waals surface area contributed by atoms with Gasteiger partial charge in [-0.15, -0.1) is 0 Å². The first-order chi connectivity index (χ1) is 4.79. The molecule has 3 heteroatoms. The summed E-state index contributed by atoms with van der Waals surface area (Å²) in [6.45, 7) is 1.76. The summed E-state index contributed by atoms with van der Waals surface area (Å²) in [6.07, 6.45) is 3.48. The molecule has 1 N–H and O–H groups in total. The normalized spacial score (nSPS) is 9.30. The summed E-state index contributed by atoms with van der Waals surface area (Å²) in [5.74, 6) is 0. The number of nitrogens with zero attached hydrogens (tertiary/aromatic N) is 1. The van der Waals surface area contributed by atoms with Gasteiger partial charge in [0, 0.05) is 17.3 Å². The molecule has 1 aromatic heterocycles. The Kier molecular flexibility index (Phi) is 2.45. The van der Waals surface area contributed by atoms with Gasteiger partial charge in [-0.25, -0.2) is 0 Å². The van der Waals surface area contributed by atoms with E-state index in [1.807, 2.05) is 12.1 Å². The van der Waals surface area contributed by atoms with Gasteiger partial charge in [-0.3, -0.25) is 10.4 Å². The molecule has 0 aromatic carbocycles. The molecule has 0 atom stereocenters. The molecule has 0 aliphatic heterocycles. The van der Waals surface area contributed by atoms with Crippen LogP contribution in [-0.4, -0.2) is 10.0 Å². The minimum atomic E-state index is 0.591. The van der Waals surface area contributed by atoms with Crippen LogP contribution < -0.4 is 0 Å². The number of hydrogen-bond donors (Lipinski definition) is 1. The van der Waals surface area contributed by atoms with E-state index in [-0.39, 0.29) is 0 Å². The minimum Gasteiger partial charge on any atom is -0.298 e. The first-order valence-electron chi connectivity index (χ1n) is 2.92. The highest BCUT2D eigenvalue weighted by atomic mass is 32.2. The highest BCUT2D eigenvalue weighted by Gasteiger charge is 1.91. The number of pyridine rings is 1. The Bertz CT molecular complexity index is 220. The molecular formula is C7H8N2S. The molecule has 0 radical (unpaired) electrons. The van der Waals surface area contributed by atoms with Crippen molar-refractivity contribution in [2.75, 3.05) is 0 Å². The summed E-state index contributed by atoms with van der Waals surface area (Å²) in [4.78, 5) is 4.94. The van der Waals surface area contributed by atoms with Crippen molar-refractivity contribution in [2.45, 2.75) is 11.8 Å². The fraction of sp³-hybridized carbons (Fsp3) is 0.143. The number of aromatic nitrogens is 1. The molecule has 1 aromatic rings. The van der Waals surface area contributed by atoms with Gasteiger partial charge >= 0.3 is 0 Å². The predicted octanol–water partition coefficient (Wildman–Crippen LogP) is 2.17. The standard InChI is InChI=1S/C7H8N2S/c1-6(8)10-7-3-2-4-9-5-7/h2-5,8H,1H3. The average molecular weight is 152 g/mol. The molecule has 0 bridgehead atoms. The average Bonchev–Trinajstić information content (AvgIpc) is 1.88. The van der Waals surface area contributed by atoms with E-state index in [0.717, 1.165) is 4.90 Å². The van der Waals surface area contributed by atoms with E-state index in [1.165, 1.54) is 11.8 Å². The third kappa shape index (κ3) is 2.19. The van der Waals surface area contributed by atoms with E-state index in [2.05, 4.69) is 4.98 Å². The highest BCUT2D eigenvalue weighted by molar-refractivity contribution is 8.13. The zero-order valence-electron chi connectivity index (χ0n) is 5.66. The summed E-state index contributed by atoms with van der Waals surface area (Å²) < 4.78 is 0. The van der Waals surface area contributed by atoms with Crippen molar-refractivity contribution in [3.8, 4) is 0 Å². The number of hydrogen-bond acceptors (Lipinski definition) is 3. The van der Waals surface area contributed by atoms with Crippen LogP contribution in [-0.2, 0) is 0 Å². The Balaban J connectivity index is 2.67. The van der Waals surface area contributed by atoms with E-state index in [9.17, 15) is 0 Å². The van der Waals surface area contributed by atoms with Crippen LogP contribution in [0.1, 0.15) is 6.92 Å². The first kappa shape index (κ1) is 7.28. The molecule has 2 nitrogen and oxygen atoms in total. The van der Waals surface area contributed by atoms with Crippen LogP contribution in [0.2, 0.25) is 0 Å². The van der Waals surface area contributed by atoms with Gasteiger partial charge in [-0.05, 0) is 19.1 Å². The van der Waals surface area contributed by atoms with Gasteiger partial charge in [0.1, 0.15) is 0 Å². The van der Waals surface area contributed by atoms with Crippen molar-refractivity contribution >= 4 is 16.8 Å². The topological polar surface area (TPSA) is 36.7 Å². The Morgan fingerprint density at radius 1 is 1.70 bits per heavy atom. The van der Waals surface area contributed by atoms with Crippen molar-refractivity contribution in [1.82, 2.24) is 4.98 Å². The molecule has 0 aliphatic carbocycles. The van der Waals surface area contributed by atoms with E-state index in [0.29, 0.717) is 5.04 Å². The largest absolute Gasteiger partial charge is 0.298 e. The Labute approximate surface area is 64.2 Å². The van der Waals surface area contributed by atoms with Crippen LogP contribution in [0.25, 0.3) is 0 Å². The lowest BCUT2D eigenvalue weighted by Crippen LogP contribution is -1.79. The summed E-state index contributed by atoms with van der Waals surface area (Å²) in [5, 5.41) is 7.76. The first-order valence-corrected chi connectivity index (χ1v) is 3.74. The molecule has 0 spiro atoms. The maximum absolute atomic E-state index is 7.17. The quantitative estimate of drug-likeness (QED) is 0.380. The molecule has 52 valence electrons.